The van der Waals surface area contributed by atoms with Crippen molar-refractivity contribution < 1.29 is 14.2 Å². The van der Waals surface area contributed by atoms with Crippen LogP contribution in [0.15, 0.2) is 0 Å². The molecule has 3 heteroatoms. The van der Waals surface area contributed by atoms with E-state index in [0.29, 0.717) is 0 Å². The van der Waals surface area contributed by atoms with Gasteiger partial charge in [0, 0.05) is 25.9 Å². The Hall–Kier alpha value is -0.120. The molecule has 0 radical (unpaired) electrons. The Morgan fingerprint density at radius 3 is 3.08 bits per heavy atom. The molecule has 2 aliphatic rings. The SMILES string of the molecule is CCOC1CCC2(CCCO2)O1. The maximum atomic E-state index is 5.71. The van der Waals surface area contributed by atoms with E-state index in [2.05, 4.69) is 0 Å². The summed E-state index contributed by atoms with van der Waals surface area (Å²) in [7, 11) is 0. The van der Waals surface area contributed by atoms with Crippen molar-refractivity contribution in [3.63, 3.8) is 0 Å². The molecule has 0 saturated carbocycles. The summed E-state index contributed by atoms with van der Waals surface area (Å²) >= 11 is 0. The van der Waals surface area contributed by atoms with Crippen LogP contribution < -0.4 is 0 Å². The number of rotatable bonds is 2. The summed E-state index contributed by atoms with van der Waals surface area (Å²) < 4.78 is 16.7. The Balaban J connectivity index is 1.88. The molecule has 70 valence electrons. The first-order chi connectivity index (χ1) is 5.85. The fourth-order valence-electron chi connectivity index (χ4n) is 1.96. The van der Waals surface area contributed by atoms with Crippen LogP contribution in [0.25, 0.3) is 0 Å². The van der Waals surface area contributed by atoms with Crippen molar-refractivity contribution in [1.82, 2.24) is 0 Å². The van der Waals surface area contributed by atoms with Crippen LogP contribution in [0.1, 0.15) is 32.6 Å². The van der Waals surface area contributed by atoms with Gasteiger partial charge in [-0.1, -0.05) is 0 Å². The third-order valence-corrected chi connectivity index (χ3v) is 2.53. The van der Waals surface area contributed by atoms with Crippen LogP contribution in [0.4, 0.5) is 0 Å². The molecule has 2 aliphatic heterocycles. The molecule has 2 unspecified atom stereocenters. The van der Waals surface area contributed by atoms with Gasteiger partial charge in [0.05, 0.1) is 6.61 Å². The lowest BCUT2D eigenvalue weighted by Gasteiger charge is -2.22. The molecular formula is C9H16O3. The lowest BCUT2D eigenvalue weighted by molar-refractivity contribution is -0.251. The molecule has 2 fully saturated rings. The summed E-state index contributed by atoms with van der Waals surface area (Å²) in [4.78, 5) is 0. The zero-order valence-corrected chi connectivity index (χ0v) is 7.54. The largest absolute Gasteiger partial charge is 0.353 e. The van der Waals surface area contributed by atoms with Crippen molar-refractivity contribution in [2.75, 3.05) is 13.2 Å². The molecule has 0 amide bonds. The van der Waals surface area contributed by atoms with E-state index in [1.165, 1.54) is 0 Å². The van der Waals surface area contributed by atoms with Crippen molar-refractivity contribution in [2.45, 2.75) is 44.7 Å². The zero-order valence-electron chi connectivity index (χ0n) is 7.54. The van der Waals surface area contributed by atoms with E-state index in [1.54, 1.807) is 0 Å². The van der Waals surface area contributed by atoms with E-state index < -0.39 is 0 Å². The van der Waals surface area contributed by atoms with Gasteiger partial charge < -0.3 is 14.2 Å². The highest BCUT2D eigenvalue weighted by molar-refractivity contribution is 4.81. The average molecular weight is 172 g/mol. The molecule has 0 aromatic rings. The van der Waals surface area contributed by atoms with E-state index in [1.807, 2.05) is 6.92 Å². The summed E-state index contributed by atoms with van der Waals surface area (Å²) in [6, 6.07) is 0. The Kier molecular flexibility index (Phi) is 2.35. The van der Waals surface area contributed by atoms with Gasteiger partial charge in [0.15, 0.2) is 12.1 Å². The van der Waals surface area contributed by atoms with Gasteiger partial charge >= 0.3 is 0 Å². The molecule has 12 heavy (non-hydrogen) atoms. The Morgan fingerprint density at radius 1 is 1.50 bits per heavy atom. The minimum Gasteiger partial charge on any atom is -0.353 e. The van der Waals surface area contributed by atoms with Crippen molar-refractivity contribution >= 4 is 0 Å². The summed E-state index contributed by atoms with van der Waals surface area (Å²) in [5.74, 6) is -0.264. The quantitative estimate of drug-likeness (QED) is 0.634. The molecule has 2 atom stereocenters. The summed E-state index contributed by atoms with van der Waals surface area (Å²) in [5, 5.41) is 0. The Labute approximate surface area is 73.0 Å². The zero-order chi connectivity index (χ0) is 8.44. The van der Waals surface area contributed by atoms with Gasteiger partial charge in [-0.15, -0.1) is 0 Å². The molecule has 1 spiro atoms. The van der Waals surface area contributed by atoms with Crippen molar-refractivity contribution in [2.24, 2.45) is 0 Å². The molecule has 0 aliphatic carbocycles. The fraction of sp³-hybridized carbons (Fsp3) is 1.00. The van der Waals surface area contributed by atoms with Crippen molar-refractivity contribution in [1.29, 1.82) is 0 Å². The molecular weight excluding hydrogens is 156 g/mol. The van der Waals surface area contributed by atoms with E-state index in [4.69, 9.17) is 14.2 Å². The van der Waals surface area contributed by atoms with E-state index in [9.17, 15) is 0 Å². The molecule has 2 heterocycles. The highest BCUT2D eigenvalue weighted by Crippen LogP contribution is 2.39. The smallest absolute Gasteiger partial charge is 0.171 e. The molecule has 0 N–H and O–H groups in total. The van der Waals surface area contributed by atoms with Gasteiger partial charge in [-0.3, -0.25) is 0 Å². The maximum absolute atomic E-state index is 5.71. The normalized spacial score (nSPS) is 41.2. The van der Waals surface area contributed by atoms with Gasteiger partial charge in [-0.2, -0.15) is 0 Å². The molecule has 2 rings (SSSR count). The van der Waals surface area contributed by atoms with Gasteiger partial charge in [-0.05, 0) is 13.3 Å². The molecule has 3 nitrogen and oxygen atoms in total. The number of hydrogen-bond donors (Lipinski definition) is 0. The minimum absolute atomic E-state index is 0.0203. The predicted octanol–water partition coefficient (Wildman–Crippen LogP) is 1.67. The van der Waals surface area contributed by atoms with Crippen molar-refractivity contribution in [3.05, 3.63) is 0 Å². The van der Waals surface area contributed by atoms with Crippen LogP contribution in [-0.4, -0.2) is 25.3 Å². The van der Waals surface area contributed by atoms with E-state index in [-0.39, 0.29) is 12.1 Å². The third kappa shape index (κ3) is 1.49. The van der Waals surface area contributed by atoms with Gasteiger partial charge in [0.1, 0.15) is 0 Å². The van der Waals surface area contributed by atoms with Gasteiger partial charge in [0.2, 0.25) is 0 Å². The van der Waals surface area contributed by atoms with Gasteiger partial charge in [0.25, 0.3) is 0 Å². The second-order valence-electron chi connectivity index (χ2n) is 3.40. The van der Waals surface area contributed by atoms with E-state index in [0.717, 1.165) is 38.9 Å². The molecule has 0 aromatic heterocycles. The van der Waals surface area contributed by atoms with Crippen LogP contribution in [0, 0.1) is 0 Å². The predicted molar refractivity (Wildman–Crippen MR) is 43.7 cm³/mol. The first-order valence-corrected chi connectivity index (χ1v) is 4.78. The third-order valence-electron chi connectivity index (χ3n) is 2.53. The van der Waals surface area contributed by atoms with Crippen molar-refractivity contribution in [3.8, 4) is 0 Å². The first kappa shape index (κ1) is 8.48. The monoisotopic (exact) mass is 172 g/mol. The summed E-state index contributed by atoms with van der Waals surface area (Å²) in [5.41, 5.74) is 0. The standard InChI is InChI=1S/C9H16O3/c1-2-10-8-4-6-9(12-8)5-3-7-11-9/h8H,2-7H2,1H3. The second-order valence-corrected chi connectivity index (χ2v) is 3.40. The van der Waals surface area contributed by atoms with Crippen LogP contribution >= 0.6 is 0 Å². The summed E-state index contributed by atoms with van der Waals surface area (Å²) in [6.45, 7) is 3.56. The topological polar surface area (TPSA) is 27.7 Å². The fourth-order valence-corrected chi connectivity index (χ4v) is 1.96. The maximum Gasteiger partial charge on any atom is 0.171 e. The van der Waals surface area contributed by atoms with Crippen LogP contribution in [-0.2, 0) is 14.2 Å². The second kappa shape index (κ2) is 3.32. The molecule has 2 saturated heterocycles. The molecule has 0 bridgehead atoms. The van der Waals surface area contributed by atoms with Crippen LogP contribution in [0.3, 0.4) is 0 Å². The highest BCUT2D eigenvalue weighted by Gasteiger charge is 2.43. The molecule has 0 aromatic carbocycles. The van der Waals surface area contributed by atoms with Gasteiger partial charge in [-0.25, -0.2) is 0 Å². The number of hydrogen-bond acceptors (Lipinski definition) is 3. The number of ether oxygens (including phenoxy) is 3. The summed E-state index contributed by atoms with van der Waals surface area (Å²) in [6.07, 6.45) is 4.12. The lowest BCUT2D eigenvalue weighted by Crippen LogP contribution is -2.28. The van der Waals surface area contributed by atoms with E-state index >= 15 is 0 Å². The Morgan fingerprint density at radius 2 is 2.42 bits per heavy atom. The van der Waals surface area contributed by atoms with Crippen LogP contribution in [0.2, 0.25) is 0 Å². The minimum atomic E-state index is -0.264. The first-order valence-electron chi connectivity index (χ1n) is 4.78. The van der Waals surface area contributed by atoms with Crippen LogP contribution in [0.5, 0.6) is 0 Å². The highest BCUT2D eigenvalue weighted by atomic mass is 16.8. The average Bonchev–Trinajstić information content (AvgIpc) is 2.65. The lowest BCUT2D eigenvalue weighted by atomic mass is 10.1. The Bertz CT molecular complexity index is 152.